The van der Waals surface area contributed by atoms with E-state index >= 15 is 0 Å². The molecule has 4 nitrogen and oxygen atoms in total. The number of ketones is 1. The molecule has 0 aliphatic heterocycles. The second-order valence-corrected chi connectivity index (χ2v) is 3.50. The average molecular weight is 219 g/mol. The molecule has 1 atom stereocenters. The lowest BCUT2D eigenvalue weighted by Crippen LogP contribution is -2.36. The van der Waals surface area contributed by atoms with Crippen molar-refractivity contribution in [3.8, 4) is 0 Å². The van der Waals surface area contributed by atoms with E-state index in [0.717, 1.165) is 0 Å². The van der Waals surface area contributed by atoms with E-state index in [1.54, 1.807) is 30.3 Å². The van der Waals surface area contributed by atoms with Crippen LogP contribution >= 0.6 is 0 Å². The minimum absolute atomic E-state index is 0.292. The predicted octanol–water partition coefficient (Wildman–Crippen LogP) is 1.17. The van der Waals surface area contributed by atoms with E-state index < -0.39 is 17.7 Å². The van der Waals surface area contributed by atoms with E-state index in [4.69, 9.17) is 0 Å². The molecule has 2 amide bonds. The number of nitrogens with one attached hydrogen (secondary N) is 1. The molecule has 0 radical (unpaired) electrons. The zero-order valence-electron chi connectivity index (χ0n) is 9.19. The van der Waals surface area contributed by atoms with Crippen LogP contribution in [0, 0.1) is 5.92 Å². The van der Waals surface area contributed by atoms with E-state index in [9.17, 15) is 14.4 Å². The Morgan fingerprint density at radius 1 is 1.12 bits per heavy atom. The molecule has 1 aromatic rings. The molecule has 0 heterocycles. The predicted molar refractivity (Wildman–Crippen MR) is 58.8 cm³/mol. The highest BCUT2D eigenvalue weighted by Gasteiger charge is 2.22. The van der Waals surface area contributed by atoms with Crippen LogP contribution in [0.5, 0.6) is 0 Å². The summed E-state index contributed by atoms with van der Waals surface area (Å²) in [5.41, 5.74) is 0.466. The zero-order valence-corrected chi connectivity index (χ0v) is 9.19. The summed E-state index contributed by atoms with van der Waals surface area (Å²) in [4.78, 5) is 33.9. The largest absolute Gasteiger partial charge is 0.296 e. The second-order valence-electron chi connectivity index (χ2n) is 3.50. The van der Waals surface area contributed by atoms with Gasteiger partial charge in [0, 0.05) is 12.5 Å². The summed E-state index contributed by atoms with van der Waals surface area (Å²) in [6.07, 6.45) is 0. The van der Waals surface area contributed by atoms with Crippen molar-refractivity contribution in [2.45, 2.75) is 13.8 Å². The van der Waals surface area contributed by atoms with Crippen molar-refractivity contribution in [2.75, 3.05) is 0 Å². The van der Waals surface area contributed by atoms with Crippen LogP contribution in [-0.4, -0.2) is 17.6 Å². The van der Waals surface area contributed by atoms with E-state index in [1.807, 2.05) is 0 Å². The van der Waals surface area contributed by atoms with Gasteiger partial charge in [0.05, 0.1) is 5.92 Å². The normalized spacial score (nSPS) is 11.6. The van der Waals surface area contributed by atoms with Gasteiger partial charge in [-0.05, 0) is 6.92 Å². The van der Waals surface area contributed by atoms with Crippen molar-refractivity contribution >= 4 is 17.6 Å². The van der Waals surface area contributed by atoms with Crippen molar-refractivity contribution < 1.29 is 14.4 Å². The number of hydrogen-bond acceptors (Lipinski definition) is 3. The molecule has 1 N–H and O–H groups in total. The first kappa shape index (κ1) is 12.1. The van der Waals surface area contributed by atoms with E-state index in [2.05, 4.69) is 5.32 Å². The summed E-state index contributed by atoms with van der Waals surface area (Å²) in [7, 11) is 0. The molecule has 4 heteroatoms. The van der Waals surface area contributed by atoms with E-state index in [0.29, 0.717) is 5.56 Å². The van der Waals surface area contributed by atoms with Crippen molar-refractivity contribution in [3.05, 3.63) is 35.9 Å². The Kier molecular flexibility index (Phi) is 3.94. The van der Waals surface area contributed by atoms with Gasteiger partial charge in [-0.3, -0.25) is 19.7 Å². The number of benzene rings is 1. The summed E-state index contributed by atoms with van der Waals surface area (Å²) in [5.74, 6) is -2.18. The fraction of sp³-hybridized carbons (Fsp3) is 0.250. The van der Waals surface area contributed by atoms with E-state index in [1.165, 1.54) is 13.8 Å². The topological polar surface area (TPSA) is 63.2 Å². The van der Waals surface area contributed by atoms with Crippen LogP contribution in [0.1, 0.15) is 24.2 Å². The van der Waals surface area contributed by atoms with Gasteiger partial charge in [-0.1, -0.05) is 30.3 Å². The van der Waals surface area contributed by atoms with E-state index in [-0.39, 0.29) is 5.78 Å². The van der Waals surface area contributed by atoms with Crippen LogP contribution in [0.4, 0.5) is 0 Å². The number of carbonyl (C=O) groups excluding carboxylic acids is 3. The van der Waals surface area contributed by atoms with Crippen LogP contribution in [0.3, 0.4) is 0 Å². The Morgan fingerprint density at radius 3 is 2.19 bits per heavy atom. The lowest BCUT2D eigenvalue weighted by atomic mass is 9.99. The molecule has 0 spiro atoms. The first-order valence-corrected chi connectivity index (χ1v) is 4.93. The monoisotopic (exact) mass is 219 g/mol. The van der Waals surface area contributed by atoms with Gasteiger partial charge in [-0.15, -0.1) is 0 Å². The highest BCUT2D eigenvalue weighted by atomic mass is 16.2. The maximum atomic E-state index is 11.8. The molecular formula is C12H13NO3. The third kappa shape index (κ3) is 3.02. The Bertz CT molecular complexity index is 412. The standard InChI is InChI=1S/C12H13NO3/c1-8(12(16)13-9(2)14)11(15)10-6-4-3-5-7-10/h3-8H,1-2H3,(H,13,14,16). The summed E-state index contributed by atoms with van der Waals surface area (Å²) in [5, 5.41) is 2.09. The minimum atomic E-state index is -0.855. The number of Topliss-reactive ketones (excluding diaryl/α,β-unsaturated/α-hetero) is 1. The summed E-state index contributed by atoms with van der Waals surface area (Å²) in [6, 6.07) is 8.52. The number of rotatable bonds is 3. The Morgan fingerprint density at radius 2 is 1.69 bits per heavy atom. The Balaban J connectivity index is 2.75. The first-order chi connectivity index (χ1) is 7.52. The average Bonchev–Trinajstić information content (AvgIpc) is 2.27. The number of imide groups is 1. The lowest BCUT2D eigenvalue weighted by Gasteiger charge is -2.09. The van der Waals surface area contributed by atoms with Gasteiger partial charge < -0.3 is 0 Å². The maximum Gasteiger partial charge on any atom is 0.237 e. The molecule has 0 saturated heterocycles. The molecule has 16 heavy (non-hydrogen) atoms. The summed E-state index contributed by atoms with van der Waals surface area (Å²) < 4.78 is 0. The SMILES string of the molecule is CC(=O)NC(=O)C(C)C(=O)c1ccccc1. The smallest absolute Gasteiger partial charge is 0.237 e. The molecule has 0 saturated carbocycles. The number of amides is 2. The second kappa shape index (κ2) is 5.21. The zero-order chi connectivity index (χ0) is 12.1. The van der Waals surface area contributed by atoms with Gasteiger partial charge in [-0.2, -0.15) is 0 Å². The Hall–Kier alpha value is -1.97. The molecule has 1 rings (SSSR count). The summed E-state index contributed by atoms with van der Waals surface area (Å²) >= 11 is 0. The molecule has 0 fully saturated rings. The van der Waals surface area contributed by atoms with Crippen LogP contribution in [0.25, 0.3) is 0 Å². The highest BCUT2D eigenvalue weighted by Crippen LogP contribution is 2.08. The van der Waals surface area contributed by atoms with Crippen LogP contribution < -0.4 is 5.32 Å². The van der Waals surface area contributed by atoms with Gasteiger partial charge in [0.25, 0.3) is 0 Å². The van der Waals surface area contributed by atoms with Crippen molar-refractivity contribution in [2.24, 2.45) is 5.92 Å². The third-order valence-electron chi connectivity index (χ3n) is 2.14. The third-order valence-corrected chi connectivity index (χ3v) is 2.14. The quantitative estimate of drug-likeness (QED) is 0.613. The molecule has 0 bridgehead atoms. The minimum Gasteiger partial charge on any atom is -0.296 e. The van der Waals surface area contributed by atoms with Crippen LogP contribution in [-0.2, 0) is 9.59 Å². The molecular weight excluding hydrogens is 206 g/mol. The lowest BCUT2D eigenvalue weighted by molar-refractivity contribution is -0.130. The molecule has 0 aromatic heterocycles. The highest BCUT2D eigenvalue weighted by molar-refractivity contribution is 6.12. The van der Waals surface area contributed by atoms with Gasteiger partial charge in [0.2, 0.25) is 11.8 Å². The van der Waals surface area contributed by atoms with Gasteiger partial charge in [-0.25, -0.2) is 0 Å². The molecule has 0 aliphatic carbocycles. The van der Waals surface area contributed by atoms with Crippen LogP contribution in [0.2, 0.25) is 0 Å². The van der Waals surface area contributed by atoms with Gasteiger partial charge in [0.1, 0.15) is 0 Å². The first-order valence-electron chi connectivity index (χ1n) is 4.93. The van der Waals surface area contributed by atoms with Crippen LogP contribution in [0.15, 0.2) is 30.3 Å². The molecule has 1 aromatic carbocycles. The maximum absolute atomic E-state index is 11.8. The van der Waals surface area contributed by atoms with Crippen molar-refractivity contribution in [3.63, 3.8) is 0 Å². The van der Waals surface area contributed by atoms with Gasteiger partial charge >= 0.3 is 0 Å². The summed E-state index contributed by atoms with van der Waals surface area (Å²) in [6.45, 7) is 2.71. The fourth-order valence-electron chi connectivity index (χ4n) is 1.25. The Labute approximate surface area is 93.7 Å². The molecule has 84 valence electrons. The fourth-order valence-corrected chi connectivity index (χ4v) is 1.25. The van der Waals surface area contributed by atoms with Crippen molar-refractivity contribution in [1.82, 2.24) is 5.32 Å². The molecule has 0 aliphatic rings. The van der Waals surface area contributed by atoms with Gasteiger partial charge in [0.15, 0.2) is 5.78 Å². The van der Waals surface area contributed by atoms with Crippen molar-refractivity contribution in [1.29, 1.82) is 0 Å². The number of hydrogen-bond donors (Lipinski definition) is 1. The molecule has 1 unspecified atom stereocenters. The number of carbonyl (C=O) groups is 3.